The molecule has 11 heteroatoms. The van der Waals surface area contributed by atoms with Crippen molar-refractivity contribution in [1.29, 1.82) is 0 Å². The summed E-state index contributed by atoms with van der Waals surface area (Å²) in [4.78, 5) is 22.0. The van der Waals surface area contributed by atoms with E-state index in [0.717, 1.165) is 0 Å². The summed E-state index contributed by atoms with van der Waals surface area (Å²) in [5, 5.41) is 3.40. The molecule has 2 N–H and O–H groups in total. The molecule has 0 aliphatic carbocycles. The van der Waals surface area contributed by atoms with Crippen LogP contribution in [0.3, 0.4) is 0 Å². The number of alkyl halides is 6. The molecule has 2 amide bonds. The van der Waals surface area contributed by atoms with Gasteiger partial charge in [0.05, 0.1) is 6.54 Å². The molecule has 0 aromatic rings. The standard InChI is InChI=1S/C11H14F6N2O3/c1-6(2)8(20)22-4-3-18-9(21)19-5-7(10(12,13)14)11(15,16)17/h7H,1,3-5H2,2H3,(H2,18,19,21). The summed E-state index contributed by atoms with van der Waals surface area (Å²) >= 11 is 0. The molecular formula is C11H14F6N2O3. The van der Waals surface area contributed by atoms with Gasteiger partial charge in [-0.25, -0.2) is 9.59 Å². The number of urea groups is 1. The first kappa shape index (κ1) is 20.1. The Bertz CT molecular complexity index is 405. The fourth-order valence-corrected chi connectivity index (χ4v) is 1.11. The van der Waals surface area contributed by atoms with Gasteiger partial charge in [-0.3, -0.25) is 0 Å². The molecule has 0 rings (SSSR count). The van der Waals surface area contributed by atoms with Crippen molar-refractivity contribution in [2.24, 2.45) is 5.92 Å². The average molecular weight is 336 g/mol. The van der Waals surface area contributed by atoms with Gasteiger partial charge in [-0.05, 0) is 6.92 Å². The van der Waals surface area contributed by atoms with Crippen molar-refractivity contribution < 1.29 is 40.7 Å². The molecule has 0 fully saturated rings. The highest BCUT2D eigenvalue weighted by Crippen LogP contribution is 2.38. The molecule has 5 nitrogen and oxygen atoms in total. The van der Waals surface area contributed by atoms with Gasteiger partial charge in [-0.1, -0.05) is 6.58 Å². The zero-order valence-electron chi connectivity index (χ0n) is 11.4. The van der Waals surface area contributed by atoms with Gasteiger partial charge in [0.25, 0.3) is 0 Å². The van der Waals surface area contributed by atoms with Crippen molar-refractivity contribution in [2.45, 2.75) is 19.3 Å². The summed E-state index contributed by atoms with van der Waals surface area (Å²) in [5.41, 5.74) is 0.0997. The number of amides is 2. The second-order valence-electron chi connectivity index (χ2n) is 4.19. The second kappa shape index (κ2) is 7.90. The van der Waals surface area contributed by atoms with Gasteiger partial charge in [0.2, 0.25) is 0 Å². The van der Waals surface area contributed by atoms with Crippen molar-refractivity contribution in [3.63, 3.8) is 0 Å². The molecule has 0 atom stereocenters. The SMILES string of the molecule is C=C(C)C(=O)OCCNC(=O)NCC(C(F)(F)F)C(F)(F)F. The van der Waals surface area contributed by atoms with Crippen molar-refractivity contribution in [2.75, 3.05) is 19.7 Å². The van der Waals surface area contributed by atoms with E-state index in [0.29, 0.717) is 0 Å². The molecule has 0 aromatic carbocycles. The highest BCUT2D eigenvalue weighted by atomic mass is 19.4. The van der Waals surface area contributed by atoms with E-state index in [2.05, 4.69) is 11.3 Å². The normalized spacial score (nSPS) is 12.0. The first-order valence-electron chi connectivity index (χ1n) is 5.83. The highest BCUT2D eigenvalue weighted by molar-refractivity contribution is 5.86. The summed E-state index contributed by atoms with van der Waals surface area (Å²) in [6.45, 7) is 2.41. The number of hydrogen-bond acceptors (Lipinski definition) is 3. The number of carbonyl (C=O) groups is 2. The van der Waals surface area contributed by atoms with Crippen LogP contribution in [0.1, 0.15) is 6.92 Å². The summed E-state index contributed by atoms with van der Waals surface area (Å²) < 4.78 is 77.6. The van der Waals surface area contributed by atoms with E-state index in [1.165, 1.54) is 12.2 Å². The maximum absolute atomic E-state index is 12.2. The topological polar surface area (TPSA) is 67.4 Å². The zero-order chi connectivity index (χ0) is 17.6. The summed E-state index contributed by atoms with van der Waals surface area (Å²) in [6.07, 6.45) is -11.1. The molecule has 0 aromatic heterocycles. The average Bonchev–Trinajstić information content (AvgIpc) is 2.30. The van der Waals surface area contributed by atoms with Crippen molar-refractivity contribution in [1.82, 2.24) is 10.6 Å². The lowest BCUT2D eigenvalue weighted by Crippen LogP contribution is -2.47. The van der Waals surface area contributed by atoms with Crippen LogP contribution in [0.25, 0.3) is 0 Å². The van der Waals surface area contributed by atoms with Gasteiger partial charge < -0.3 is 15.4 Å². The summed E-state index contributed by atoms with van der Waals surface area (Å²) in [7, 11) is 0. The minimum atomic E-state index is -5.53. The number of carbonyl (C=O) groups excluding carboxylic acids is 2. The van der Waals surface area contributed by atoms with Crippen LogP contribution < -0.4 is 10.6 Å². The number of esters is 1. The number of hydrogen-bond donors (Lipinski definition) is 2. The third-order valence-corrected chi connectivity index (χ3v) is 2.23. The minimum absolute atomic E-state index is 0.0997. The number of rotatable bonds is 6. The van der Waals surface area contributed by atoms with E-state index in [4.69, 9.17) is 0 Å². The van der Waals surface area contributed by atoms with E-state index in [9.17, 15) is 35.9 Å². The zero-order valence-corrected chi connectivity index (χ0v) is 11.4. The van der Waals surface area contributed by atoms with Crippen molar-refractivity contribution in [3.05, 3.63) is 12.2 Å². The number of ether oxygens (including phenoxy) is 1. The maximum atomic E-state index is 12.2. The molecule has 0 spiro atoms. The lowest BCUT2D eigenvalue weighted by Gasteiger charge is -2.23. The van der Waals surface area contributed by atoms with E-state index in [-0.39, 0.29) is 18.7 Å². The molecule has 128 valence electrons. The Morgan fingerprint density at radius 2 is 1.59 bits per heavy atom. The van der Waals surface area contributed by atoms with Crippen molar-refractivity contribution >= 4 is 12.0 Å². The van der Waals surface area contributed by atoms with Gasteiger partial charge in [-0.15, -0.1) is 0 Å². The predicted molar refractivity (Wildman–Crippen MR) is 62.8 cm³/mol. The molecule has 0 saturated heterocycles. The van der Waals surface area contributed by atoms with Gasteiger partial charge in [0, 0.05) is 12.1 Å². The Morgan fingerprint density at radius 3 is 2.00 bits per heavy atom. The monoisotopic (exact) mass is 336 g/mol. The largest absolute Gasteiger partial charge is 0.460 e. The molecule has 0 aliphatic rings. The third-order valence-electron chi connectivity index (χ3n) is 2.23. The number of halogens is 6. The Balaban J connectivity index is 4.17. The quantitative estimate of drug-likeness (QED) is 0.338. The van der Waals surface area contributed by atoms with E-state index in [1.807, 2.05) is 5.32 Å². The molecule has 0 bridgehead atoms. The van der Waals surface area contributed by atoms with E-state index < -0.39 is 36.8 Å². The lowest BCUT2D eigenvalue weighted by atomic mass is 10.1. The van der Waals surface area contributed by atoms with Crippen LogP contribution in [0.5, 0.6) is 0 Å². The van der Waals surface area contributed by atoms with Gasteiger partial charge >= 0.3 is 24.4 Å². The number of nitrogens with one attached hydrogen (secondary N) is 2. The minimum Gasteiger partial charge on any atom is -0.460 e. The molecule has 0 radical (unpaired) electrons. The molecule has 0 saturated carbocycles. The van der Waals surface area contributed by atoms with Crippen LogP contribution in [-0.2, 0) is 9.53 Å². The second-order valence-corrected chi connectivity index (χ2v) is 4.19. The first-order chi connectivity index (χ1) is 9.85. The fraction of sp³-hybridized carbons (Fsp3) is 0.636. The summed E-state index contributed by atoms with van der Waals surface area (Å²) in [6, 6.07) is -1.25. The van der Waals surface area contributed by atoms with Crippen LogP contribution >= 0.6 is 0 Å². The lowest BCUT2D eigenvalue weighted by molar-refractivity contribution is -0.281. The van der Waals surface area contributed by atoms with Crippen LogP contribution in [-0.4, -0.2) is 44.0 Å². The molecule has 0 aliphatic heterocycles. The van der Waals surface area contributed by atoms with Crippen LogP contribution in [0, 0.1) is 5.92 Å². The van der Waals surface area contributed by atoms with E-state index in [1.54, 1.807) is 0 Å². The van der Waals surface area contributed by atoms with Gasteiger partial charge in [-0.2, -0.15) is 26.3 Å². The first-order valence-corrected chi connectivity index (χ1v) is 5.83. The Morgan fingerprint density at radius 1 is 1.09 bits per heavy atom. The van der Waals surface area contributed by atoms with Crippen LogP contribution in [0.15, 0.2) is 12.2 Å². The fourth-order valence-electron chi connectivity index (χ4n) is 1.11. The maximum Gasteiger partial charge on any atom is 0.402 e. The summed E-state index contributed by atoms with van der Waals surface area (Å²) in [5.74, 6) is -4.40. The molecule has 22 heavy (non-hydrogen) atoms. The van der Waals surface area contributed by atoms with Crippen molar-refractivity contribution in [3.8, 4) is 0 Å². The predicted octanol–water partition coefficient (Wildman–Crippen LogP) is 2.15. The van der Waals surface area contributed by atoms with Crippen LogP contribution in [0.4, 0.5) is 31.1 Å². The Hall–Kier alpha value is -1.94. The third kappa shape index (κ3) is 7.74. The highest BCUT2D eigenvalue weighted by Gasteiger charge is 2.56. The van der Waals surface area contributed by atoms with E-state index >= 15 is 0 Å². The van der Waals surface area contributed by atoms with Gasteiger partial charge in [0.15, 0.2) is 5.92 Å². The molecular weight excluding hydrogens is 322 g/mol. The Kier molecular flexibility index (Phi) is 7.20. The molecule has 0 heterocycles. The smallest absolute Gasteiger partial charge is 0.402 e. The van der Waals surface area contributed by atoms with Gasteiger partial charge in [0.1, 0.15) is 6.61 Å². The Labute approximate surface area is 121 Å². The van der Waals surface area contributed by atoms with Crippen LogP contribution in [0.2, 0.25) is 0 Å². The molecule has 0 unspecified atom stereocenters.